The Hall–Kier alpha value is -2.64. The summed E-state index contributed by atoms with van der Waals surface area (Å²) < 4.78 is 2.55. The van der Waals surface area contributed by atoms with E-state index in [2.05, 4.69) is 25.4 Å². The van der Waals surface area contributed by atoms with Crippen molar-refractivity contribution < 1.29 is 4.79 Å². The van der Waals surface area contributed by atoms with Crippen LogP contribution in [0, 0.1) is 5.92 Å². The van der Waals surface area contributed by atoms with Crippen molar-refractivity contribution in [2.75, 3.05) is 0 Å². The minimum Gasteiger partial charge on any atom is -0.352 e. The molecule has 142 valence electrons. The van der Waals surface area contributed by atoms with Crippen molar-refractivity contribution >= 4 is 5.91 Å². The maximum Gasteiger partial charge on any atom is 0.337 e. The van der Waals surface area contributed by atoms with Crippen molar-refractivity contribution in [3.63, 3.8) is 0 Å². The SMILES string of the molecule is C=CCn1c(=O)n(CC=C)c(=O)n(CC(=O)NC2CCC(C)CC2)c1=O. The van der Waals surface area contributed by atoms with E-state index in [4.69, 9.17) is 0 Å². The number of nitrogens with zero attached hydrogens (tertiary/aromatic N) is 3. The molecule has 2 rings (SSSR count). The first-order valence-electron chi connectivity index (χ1n) is 8.84. The lowest BCUT2D eigenvalue weighted by molar-refractivity contribution is -0.122. The van der Waals surface area contributed by atoms with Gasteiger partial charge in [-0.15, -0.1) is 13.2 Å². The molecule has 1 aromatic rings. The van der Waals surface area contributed by atoms with Crippen molar-refractivity contribution in [2.45, 2.75) is 58.3 Å². The molecule has 1 heterocycles. The van der Waals surface area contributed by atoms with Crippen LogP contribution in [0.5, 0.6) is 0 Å². The van der Waals surface area contributed by atoms with Gasteiger partial charge >= 0.3 is 17.1 Å². The normalized spacial score (nSPS) is 19.7. The monoisotopic (exact) mass is 362 g/mol. The van der Waals surface area contributed by atoms with Crippen molar-refractivity contribution in [3.05, 3.63) is 56.8 Å². The van der Waals surface area contributed by atoms with Gasteiger partial charge in [-0.3, -0.25) is 4.79 Å². The fraction of sp³-hybridized carbons (Fsp3) is 0.556. The van der Waals surface area contributed by atoms with Gasteiger partial charge in [0.2, 0.25) is 5.91 Å². The third-order valence-electron chi connectivity index (χ3n) is 4.69. The number of carbonyl (C=O) groups excluding carboxylic acids is 1. The molecule has 1 aliphatic rings. The third-order valence-corrected chi connectivity index (χ3v) is 4.69. The van der Waals surface area contributed by atoms with Gasteiger partial charge < -0.3 is 5.32 Å². The van der Waals surface area contributed by atoms with E-state index in [1.54, 1.807) is 0 Å². The molecule has 26 heavy (non-hydrogen) atoms. The molecule has 0 unspecified atom stereocenters. The smallest absolute Gasteiger partial charge is 0.337 e. The maximum atomic E-state index is 12.5. The lowest BCUT2D eigenvalue weighted by atomic mass is 9.87. The largest absolute Gasteiger partial charge is 0.352 e. The Balaban J connectivity index is 2.30. The molecule has 0 bridgehead atoms. The number of hydrogen-bond acceptors (Lipinski definition) is 4. The Morgan fingerprint density at radius 2 is 1.42 bits per heavy atom. The minimum atomic E-state index is -0.812. The number of allylic oxidation sites excluding steroid dienone is 2. The molecule has 1 fully saturated rings. The summed E-state index contributed by atoms with van der Waals surface area (Å²) >= 11 is 0. The van der Waals surface area contributed by atoms with Gasteiger partial charge in [0.15, 0.2) is 0 Å². The van der Waals surface area contributed by atoms with E-state index < -0.39 is 29.5 Å². The number of aromatic nitrogens is 3. The van der Waals surface area contributed by atoms with Crippen molar-refractivity contribution in [1.29, 1.82) is 0 Å². The van der Waals surface area contributed by atoms with Gasteiger partial charge in [0.05, 0.1) is 13.1 Å². The fourth-order valence-corrected chi connectivity index (χ4v) is 3.21. The summed E-state index contributed by atoms with van der Waals surface area (Å²) in [6.45, 7) is 8.71. The third kappa shape index (κ3) is 4.30. The highest BCUT2D eigenvalue weighted by Crippen LogP contribution is 2.23. The average Bonchev–Trinajstić information content (AvgIpc) is 2.61. The Kier molecular flexibility index (Phi) is 6.54. The van der Waals surface area contributed by atoms with Crippen molar-refractivity contribution in [1.82, 2.24) is 19.0 Å². The molecule has 0 saturated heterocycles. The van der Waals surface area contributed by atoms with Crippen LogP contribution < -0.4 is 22.4 Å². The van der Waals surface area contributed by atoms with Crippen LogP contribution in [-0.4, -0.2) is 25.7 Å². The van der Waals surface area contributed by atoms with Gasteiger partial charge in [-0.1, -0.05) is 19.1 Å². The molecular weight excluding hydrogens is 336 g/mol. The predicted molar refractivity (Wildman–Crippen MR) is 99.2 cm³/mol. The summed E-state index contributed by atoms with van der Waals surface area (Å²) in [5.41, 5.74) is -2.36. The molecule has 0 aromatic carbocycles. The Morgan fingerprint density at radius 1 is 0.962 bits per heavy atom. The average molecular weight is 362 g/mol. The molecule has 1 saturated carbocycles. The van der Waals surface area contributed by atoms with Crippen LogP contribution in [0.3, 0.4) is 0 Å². The second-order valence-corrected chi connectivity index (χ2v) is 6.76. The quantitative estimate of drug-likeness (QED) is 0.703. The second kappa shape index (κ2) is 8.64. The molecule has 1 amide bonds. The molecule has 0 atom stereocenters. The Bertz CT molecular complexity index is 805. The number of carbonyl (C=O) groups is 1. The van der Waals surface area contributed by atoms with E-state index in [1.807, 2.05) is 0 Å². The summed E-state index contributed by atoms with van der Waals surface area (Å²) in [6, 6.07) is 0.0592. The zero-order valence-electron chi connectivity index (χ0n) is 15.1. The Morgan fingerprint density at radius 3 is 1.88 bits per heavy atom. The van der Waals surface area contributed by atoms with Gasteiger partial charge in [-0.25, -0.2) is 28.1 Å². The standard InChI is InChI=1S/C18H26N4O4/c1-4-10-20-16(24)21(11-5-2)18(26)22(17(20)25)12-15(23)19-14-8-6-13(3)7-9-14/h4-5,13-14H,1-2,6-12H2,3H3,(H,19,23). The van der Waals surface area contributed by atoms with E-state index in [9.17, 15) is 19.2 Å². The fourth-order valence-electron chi connectivity index (χ4n) is 3.21. The van der Waals surface area contributed by atoms with Gasteiger partial charge in [0.25, 0.3) is 0 Å². The first kappa shape index (κ1) is 19.7. The van der Waals surface area contributed by atoms with Crippen LogP contribution in [-0.2, 0) is 24.4 Å². The highest BCUT2D eigenvalue weighted by Gasteiger charge is 2.21. The van der Waals surface area contributed by atoms with E-state index >= 15 is 0 Å². The van der Waals surface area contributed by atoms with Gasteiger partial charge in [0.1, 0.15) is 6.54 Å². The molecule has 1 aliphatic carbocycles. The zero-order valence-corrected chi connectivity index (χ0v) is 15.1. The van der Waals surface area contributed by atoms with E-state index in [-0.39, 0.29) is 19.1 Å². The van der Waals surface area contributed by atoms with Gasteiger partial charge in [-0.05, 0) is 31.6 Å². The lowest BCUT2D eigenvalue weighted by Crippen LogP contribution is -2.56. The Labute approximate surface area is 151 Å². The van der Waals surface area contributed by atoms with Crippen LogP contribution >= 0.6 is 0 Å². The molecule has 0 radical (unpaired) electrons. The molecule has 0 spiro atoms. The highest BCUT2D eigenvalue weighted by molar-refractivity contribution is 5.76. The van der Waals surface area contributed by atoms with Crippen LogP contribution in [0.1, 0.15) is 32.6 Å². The predicted octanol–water partition coefficient (Wildman–Crippen LogP) is 0.239. The van der Waals surface area contributed by atoms with Crippen LogP contribution in [0.2, 0.25) is 0 Å². The molecule has 8 heteroatoms. The van der Waals surface area contributed by atoms with E-state index in [1.165, 1.54) is 12.2 Å². The van der Waals surface area contributed by atoms with Crippen LogP contribution in [0.15, 0.2) is 39.7 Å². The number of amides is 1. The van der Waals surface area contributed by atoms with Crippen molar-refractivity contribution in [2.24, 2.45) is 5.92 Å². The van der Waals surface area contributed by atoms with E-state index in [0.717, 1.165) is 39.4 Å². The summed E-state index contributed by atoms with van der Waals surface area (Å²) in [4.78, 5) is 49.6. The molecule has 0 aliphatic heterocycles. The number of nitrogens with one attached hydrogen (secondary N) is 1. The molecule has 1 N–H and O–H groups in total. The minimum absolute atomic E-state index is 0.0444. The lowest BCUT2D eigenvalue weighted by Gasteiger charge is -2.27. The first-order chi connectivity index (χ1) is 12.4. The summed E-state index contributed by atoms with van der Waals surface area (Å²) in [6.07, 6.45) is 6.64. The molecule has 8 nitrogen and oxygen atoms in total. The van der Waals surface area contributed by atoms with E-state index in [0.29, 0.717) is 5.92 Å². The summed E-state index contributed by atoms with van der Waals surface area (Å²) in [5.74, 6) is 0.247. The molecule has 1 aromatic heterocycles. The van der Waals surface area contributed by atoms with Gasteiger partial charge in [0, 0.05) is 6.04 Å². The topological polar surface area (TPSA) is 95.1 Å². The van der Waals surface area contributed by atoms with Crippen molar-refractivity contribution in [3.8, 4) is 0 Å². The second-order valence-electron chi connectivity index (χ2n) is 6.76. The number of hydrogen-bond donors (Lipinski definition) is 1. The van der Waals surface area contributed by atoms with Gasteiger partial charge in [-0.2, -0.15) is 0 Å². The first-order valence-corrected chi connectivity index (χ1v) is 8.84. The highest BCUT2D eigenvalue weighted by atomic mass is 16.2. The van der Waals surface area contributed by atoms with Crippen LogP contribution in [0.25, 0.3) is 0 Å². The van der Waals surface area contributed by atoms with Crippen LogP contribution in [0.4, 0.5) is 0 Å². The zero-order chi connectivity index (χ0) is 19.3. The summed E-state index contributed by atoms with van der Waals surface area (Å²) in [5, 5.41) is 2.89. The maximum absolute atomic E-state index is 12.5. The number of rotatable bonds is 7. The summed E-state index contributed by atoms with van der Waals surface area (Å²) in [7, 11) is 0. The molecular formula is C18H26N4O4.